The molecule has 2 heterocycles. The highest BCUT2D eigenvalue weighted by molar-refractivity contribution is 7.99. The summed E-state index contributed by atoms with van der Waals surface area (Å²) in [6.45, 7) is 2.16. The Morgan fingerprint density at radius 2 is 2.44 bits per heavy atom. The van der Waals surface area contributed by atoms with Gasteiger partial charge in [0.15, 0.2) is 0 Å². The molecule has 0 amide bonds. The molecule has 0 spiro atoms. The van der Waals surface area contributed by atoms with Crippen LogP contribution < -0.4 is 5.73 Å². The van der Waals surface area contributed by atoms with Crippen LogP contribution in [0.4, 0.5) is 0 Å². The summed E-state index contributed by atoms with van der Waals surface area (Å²) in [6.07, 6.45) is 6.04. The first-order chi connectivity index (χ1) is 8.74. The second-order valence-electron chi connectivity index (χ2n) is 4.99. The lowest BCUT2D eigenvalue weighted by Gasteiger charge is -2.36. The third kappa shape index (κ3) is 3.05. The van der Waals surface area contributed by atoms with Crippen molar-refractivity contribution in [2.75, 3.05) is 18.6 Å². The van der Waals surface area contributed by atoms with Crippen molar-refractivity contribution < 1.29 is 0 Å². The predicted octanol–water partition coefficient (Wildman–Crippen LogP) is 2.30. The van der Waals surface area contributed by atoms with Crippen LogP contribution in [0, 0.1) is 0 Å². The lowest BCUT2D eigenvalue weighted by atomic mass is 9.96. The molecule has 3 unspecified atom stereocenters. The van der Waals surface area contributed by atoms with Crippen LogP contribution in [0.25, 0.3) is 0 Å². The monoisotopic (exact) mass is 265 g/mol. The maximum absolute atomic E-state index is 6.34. The Morgan fingerprint density at radius 1 is 1.61 bits per heavy atom. The Kier molecular flexibility index (Phi) is 5.03. The molecular formula is C14H23N3S. The summed E-state index contributed by atoms with van der Waals surface area (Å²) in [5.41, 5.74) is 7.58. The number of hydrogen-bond donors (Lipinski definition) is 1. The Bertz CT molecular complexity index is 351. The van der Waals surface area contributed by atoms with Crippen molar-refractivity contribution in [3.05, 3.63) is 30.1 Å². The fourth-order valence-corrected chi connectivity index (χ4v) is 3.91. The number of nitrogens with two attached hydrogens (primary N) is 1. The van der Waals surface area contributed by atoms with Crippen LogP contribution >= 0.6 is 11.8 Å². The predicted molar refractivity (Wildman–Crippen MR) is 78.7 cm³/mol. The zero-order valence-electron chi connectivity index (χ0n) is 11.2. The molecule has 1 aromatic rings. The molecule has 1 aromatic heterocycles. The normalized spacial score (nSPS) is 23.2. The number of hydrogen-bond acceptors (Lipinski definition) is 4. The van der Waals surface area contributed by atoms with Crippen molar-refractivity contribution in [3.63, 3.8) is 0 Å². The lowest BCUT2D eigenvalue weighted by Crippen LogP contribution is -2.44. The van der Waals surface area contributed by atoms with Gasteiger partial charge in [-0.25, -0.2) is 0 Å². The van der Waals surface area contributed by atoms with Crippen molar-refractivity contribution in [1.82, 2.24) is 9.88 Å². The third-order valence-electron chi connectivity index (χ3n) is 3.82. The summed E-state index contributed by atoms with van der Waals surface area (Å²) in [6, 6.07) is 5.25. The van der Waals surface area contributed by atoms with Gasteiger partial charge < -0.3 is 5.73 Å². The molecule has 3 nitrogen and oxygen atoms in total. The van der Waals surface area contributed by atoms with Gasteiger partial charge in [0.1, 0.15) is 0 Å². The first-order valence-electron chi connectivity index (χ1n) is 6.69. The van der Waals surface area contributed by atoms with Crippen LogP contribution in [0.3, 0.4) is 0 Å². The maximum atomic E-state index is 6.34. The second-order valence-corrected chi connectivity index (χ2v) is 6.14. The fraction of sp³-hybridized carbons (Fsp3) is 0.643. The summed E-state index contributed by atoms with van der Waals surface area (Å²) in [4.78, 5) is 6.71. The van der Waals surface area contributed by atoms with Crippen molar-refractivity contribution in [1.29, 1.82) is 0 Å². The van der Waals surface area contributed by atoms with Gasteiger partial charge in [0, 0.05) is 30.2 Å². The molecule has 4 heteroatoms. The van der Waals surface area contributed by atoms with E-state index in [2.05, 4.69) is 29.9 Å². The van der Waals surface area contributed by atoms with E-state index in [1.807, 2.05) is 30.2 Å². The first kappa shape index (κ1) is 13.8. The molecular weight excluding hydrogens is 242 g/mol. The first-order valence-corrected chi connectivity index (χ1v) is 7.84. The zero-order chi connectivity index (χ0) is 13.0. The highest BCUT2D eigenvalue weighted by atomic mass is 32.2. The summed E-state index contributed by atoms with van der Waals surface area (Å²) in [7, 11) is 2.21. The van der Waals surface area contributed by atoms with Gasteiger partial charge in [-0.05, 0) is 37.3 Å². The molecule has 0 saturated carbocycles. The summed E-state index contributed by atoms with van der Waals surface area (Å²) < 4.78 is 0. The van der Waals surface area contributed by atoms with Crippen molar-refractivity contribution in [2.24, 2.45) is 5.73 Å². The van der Waals surface area contributed by atoms with Crippen LogP contribution in [0.1, 0.15) is 31.4 Å². The Morgan fingerprint density at radius 3 is 3.00 bits per heavy atom. The molecule has 18 heavy (non-hydrogen) atoms. The molecule has 0 aliphatic carbocycles. The molecule has 1 aliphatic rings. The largest absolute Gasteiger partial charge is 0.326 e. The molecule has 2 rings (SSSR count). The minimum Gasteiger partial charge on any atom is -0.326 e. The molecule has 0 radical (unpaired) electrons. The summed E-state index contributed by atoms with van der Waals surface area (Å²) in [5.74, 6) is 2.50. The van der Waals surface area contributed by atoms with Crippen LogP contribution in [0.15, 0.2) is 24.5 Å². The SMILES string of the molecule is CCC(N)C(c1cccnc1)N(C)C1CCSC1. The second kappa shape index (κ2) is 6.55. The Labute approximate surface area is 114 Å². The smallest absolute Gasteiger partial charge is 0.0514 e. The quantitative estimate of drug-likeness (QED) is 0.887. The van der Waals surface area contributed by atoms with Crippen LogP contribution in [-0.2, 0) is 0 Å². The number of rotatable bonds is 5. The van der Waals surface area contributed by atoms with Crippen molar-refractivity contribution in [3.8, 4) is 0 Å². The van der Waals surface area contributed by atoms with Gasteiger partial charge in [-0.15, -0.1) is 0 Å². The molecule has 1 saturated heterocycles. The summed E-state index contributed by atoms with van der Waals surface area (Å²) in [5, 5.41) is 0. The van der Waals surface area contributed by atoms with E-state index in [1.54, 1.807) is 0 Å². The molecule has 1 aliphatic heterocycles. The number of thioether (sulfide) groups is 1. The molecule has 1 fully saturated rings. The minimum absolute atomic E-state index is 0.171. The van der Waals surface area contributed by atoms with E-state index in [0.717, 1.165) is 6.42 Å². The van der Waals surface area contributed by atoms with Gasteiger partial charge in [0.25, 0.3) is 0 Å². The van der Waals surface area contributed by atoms with E-state index in [1.165, 1.54) is 23.5 Å². The van der Waals surface area contributed by atoms with Gasteiger partial charge in [-0.3, -0.25) is 9.88 Å². The molecule has 3 atom stereocenters. The average Bonchev–Trinajstić information content (AvgIpc) is 2.94. The van der Waals surface area contributed by atoms with Crippen molar-refractivity contribution >= 4 is 11.8 Å². The Hall–Kier alpha value is -0.580. The van der Waals surface area contributed by atoms with E-state index in [-0.39, 0.29) is 12.1 Å². The average molecular weight is 265 g/mol. The number of likely N-dealkylation sites (N-methyl/N-ethyl adjacent to an activating group) is 1. The Balaban J connectivity index is 2.19. The van der Waals surface area contributed by atoms with Gasteiger partial charge in [-0.2, -0.15) is 11.8 Å². The maximum Gasteiger partial charge on any atom is 0.0514 e. The molecule has 0 aromatic carbocycles. The lowest BCUT2D eigenvalue weighted by molar-refractivity contribution is 0.161. The van der Waals surface area contributed by atoms with Gasteiger partial charge in [-0.1, -0.05) is 13.0 Å². The number of aromatic nitrogens is 1. The van der Waals surface area contributed by atoms with E-state index in [4.69, 9.17) is 5.73 Å². The molecule has 100 valence electrons. The number of pyridine rings is 1. The van der Waals surface area contributed by atoms with Gasteiger partial charge >= 0.3 is 0 Å². The van der Waals surface area contributed by atoms with E-state index < -0.39 is 0 Å². The fourth-order valence-electron chi connectivity index (χ4n) is 2.63. The molecule has 2 N–H and O–H groups in total. The van der Waals surface area contributed by atoms with E-state index >= 15 is 0 Å². The van der Waals surface area contributed by atoms with E-state index in [0.29, 0.717) is 6.04 Å². The minimum atomic E-state index is 0.171. The highest BCUT2D eigenvalue weighted by Gasteiger charge is 2.30. The summed E-state index contributed by atoms with van der Waals surface area (Å²) >= 11 is 2.04. The highest BCUT2D eigenvalue weighted by Crippen LogP contribution is 2.30. The topological polar surface area (TPSA) is 42.1 Å². The molecule has 0 bridgehead atoms. The third-order valence-corrected chi connectivity index (χ3v) is 4.97. The van der Waals surface area contributed by atoms with Crippen LogP contribution in [-0.4, -0.2) is 40.5 Å². The van der Waals surface area contributed by atoms with Crippen LogP contribution in [0.2, 0.25) is 0 Å². The standard InChI is InChI=1S/C14H23N3S/c1-3-13(15)14(11-5-4-7-16-9-11)17(2)12-6-8-18-10-12/h4-5,7,9,12-14H,3,6,8,10,15H2,1-2H3. The van der Waals surface area contributed by atoms with Crippen LogP contribution in [0.5, 0.6) is 0 Å². The van der Waals surface area contributed by atoms with Gasteiger partial charge in [0.2, 0.25) is 0 Å². The zero-order valence-corrected chi connectivity index (χ0v) is 12.1. The number of nitrogens with zero attached hydrogens (tertiary/aromatic N) is 2. The van der Waals surface area contributed by atoms with Gasteiger partial charge in [0.05, 0.1) is 6.04 Å². The van der Waals surface area contributed by atoms with Crippen molar-refractivity contribution in [2.45, 2.75) is 37.9 Å². The van der Waals surface area contributed by atoms with E-state index in [9.17, 15) is 0 Å².